The summed E-state index contributed by atoms with van der Waals surface area (Å²) in [7, 11) is 0. The van der Waals surface area contributed by atoms with Gasteiger partial charge in [-0.05, 0) is 12.5 Å². The van der Waals surface area contributed by atoms with E-state index >= 15 is 0 Å². The third kappa shape index (κ3) is 2.83. The van der Waals surface area contributed by atoms with Gasteiger partial charge in [-0.2, -0.15) is 0 Å². The van der Waals surface area contributed by atoms with Crippen LogP contribution in [0.15, 0.2) is 18.3 Å². The maximum atomic E-state index is 8.39. The van der Waals surface area contributed by atoms with Gasteiger partial charge in [0.05, 0.1) is 0 Å². The lowest BCUT2D eigenvalue weighted by molar-refractivity contribution is -0.420. The maximum absolute atomic E-state index is 8.39. The molecule has 0 saturated heterocycles. The van der Waals surface area contributed by atoms with Crippen molar-refractivity contribution in [1.82, 2.24) is 4.98 Å². The van der Waals surface area contributed by atoms with Crippen LogP contribution in [-0.2, 0) is 0 Å². The van der Waals surface area contributed by atoms with Crippen molar-refractivity contribution < 1.29 is 20.1 Å². The molecule has 66 valence electrons. The summed E-state index contributed by atoms with van der Waals surface area (Å²) in [6.45, 7) is 1.82. The molecule has 0 spiro atoms. The molecule has 3 N–H and O–H groups in total. The van der Waals surface area contributed by atoms with E-state index in [4.69, 9.17) is 15.3 Å². The molecule has 0 saturated carbocycles. The summed E-state index contributed by atoms with van der Waals surface area (Å²) < 4.78 is 4.21. The van der Waals surface area contributed by atoms with E-state index in [1.165, 1.54) is 12.3 Å². The highest BCUT2D eigenvalue weighted by Crippen LogP contribution is 2.10. The monoisotopic (exact) mass is 171 g/mol. The number of hydrogen-bond donors (Lipinski definition) is 3. The summed E-state index contributed by atoms with van der Waals surface area (Å²) in [4.78, 5) is 3.66. The SMILES string of the molecule is Cc1ccc(OC(O)(O)O)nc1. The molecule has 0 radical (unpaired) electrons. The summed E-state index contributed by atoms with van der Waals surface area (Å²) in [5, 5.41) is 25.2. The van der Waals surface area contributed by atoms with Crippen LogP contribution in [0, 0.1) is 6.92 Å². The van der Waals surface area contributed by atoms with Crippen molar-refractivity contribution in [3.05, 3.63) is 23.9 Å². The quantitative estimate of drug-likeness (QED) is 0.515. The van der Waals surface area contributed by atoms with Crippen molar-refractivity contribution in [2.75, 3.05) is 0 Å². The van der Waals surface area contributed by atoms with Gasteiger partial charge in [0, 0.05) is 12.3 Å². The molecule has 0 bridgehead atoms. The zero-order valence-electron chi connectivity index (χ0n) is 6.43. The average molecular weight is 171 g/mol. The largest absolute Gasteiger partial charge is 0.454 e. The number of aryl methyl sites for hydroxylation is 1. The summed E-state index contributed by atoms with van der Waals surface area (Å²) in [5.74, 6) is -0.0619. The summed E-state index contributed by atoms with van der Waals surface area (Å²) in [6, 6.07) is 3.07. The molecule has 0 aliphatic rings. The first kappa shape index (κ1) is 8.92. The molecule has 12 heavy (non-hydrogen) atoms. The molecule has 1 rings (SSSR count). The average Bonchev–Trinajstić information content (AvgIpc) is 1.91. The molecule has 1 aromatic rings. The highest BCUT2D eigenvalue weighted by atomic mass is 16.9. The summed E-state index contributed by atoms with van der Waals surface area (Å²) in [6.07, 6.45) is -1.69. The van der Waals surface area contributed by atoms with E-state index in [-0.39, 0.29) is 5.88 Å². The molecule has 0 fully saturated rings. The van der Waals surface area contributed by atoms with E-state index in [9.17, 15) is 0 Å². The normalized spacial score (nSPS) is 11.3. The van der Waals surface area contributed by atoms with E-state index in [0.717, 1.165) is 5.56 Å². The molecule has 0 aliphatic carbocycles. The Bertz CT molecular complexity index is 251. The second-order valence-electron chi connectivity index (χ2n) is 2.35. The molecule has 0 aromatic carbocycles. The molecule has 0 atom stereocenters. The molecule has 1 aromatic heterocycles. The summed E-state index contributed by atoms with van der Waals surface area (Å²) in [5.41, 5.74) is 0.904. The Morgan fingerprint density at radius 2 is 2.00 bits per heavy atom. The lowest BCUT2D eigenvalue weighted by Gasteiger charge is -2.13. The van der Waals surface area contributed by atoms with Crippen LogP contribution in [0.4, 0.5) is 0 Å². The van der Waals surface area contributed by atoms with Crippen LogP contribution < -0.4 is 4.74 Å². The van der Waals surface area contributed by atoms with Gasteiger partial charge in [-0.1, -0.05) is 6.07 Å². The van der Waals surface area contributed by atoms with E-state index in [2.05, 4.69) is 9.72 Å². The minimum Gasteiger partial charge on any atom is -0.399 e. The zero-order chi connectivity index (χ0) is 9.19. The van der Waals surface area contributed by atoms with Crippen molar-refractivity contribution in [1.29, 1.82) is 0 Å². The van der Waals surface area contributed by atoms with E-state index < -0.39 is 6.16 Å². The number of ether oxygens (including phenoxy) is 1. The highest BCUT2D eigenvalue weighted by molar-refractivity contribution is 5.16. The Labute approximate surface area is 68.9 Å². The van der Waals surface area contributed by atoms with Gasteiger partial charge in [0.1, 0.15) is 0 Å². The molecule has 0 aliphatic heterocycles. The first-order valence-corrected chi connectivity index (χ1v) is 3.26. The predicted molar refractivity (Wildman–Crippen MR) is 39.0 cm³/mol. The second-order valence-corrected chi connectivity index (χ2v) is 2.35. The lowest BCUT2D eigenvalue weighted by atomic mass is 10.3. The number of pyridine rings is 1. The zero-order valence-corrected chi connectivity index (χ0v) is 6.43. The van der Waals surface area contributed by atoms with Crippen LogP contribution in [0.1, 0.15) is 5.56 Å². The van der Waals surface area contributed by atoms with Gasteiger partial charge in [0.2, 0.25) is 5.88 Å². The first-order valence-electron chi connectivity index (χ1n) is 3.26. The van der Waals surface area contributed by atoms with Gasteiger partial charge in [-0.3, -0.25) is 0 Å². The number of hydrogen-bond acceptors (Lipinski definition) is 5. The highest BCUT2D eigenvalue weighted by Gasteiger charge is 2.21. The Kier molecular flexibility index (Phi) is 2.27. The van der Waals surface area contributed by atoms with Crippen LogP contribution in [0.5, 0.6) is 5.88 Å². The number of nitrogens with zero attached hydrogens (tertiary/aromatic N) is 1. The van der Waals surface area contributed by atoms with Crippen LogP contribution in [0.2, 0.25) is 0 Å². The van der Waals surface area contributed by atoms with Gasteiger partial charge in [0.25, 0.3) is 0 Å². The molecular formula is C7H9NO4. The standard InChI is InChI=1S/C7H9NO4/c1-5-2-3-6(8-4-5)12-7(9,10)11/h2-4,9-11H,1H3. The van der Waals surface area contributed by atoms with Crippen LogP contribution >= 0.6 is 0 Å². The van der Waals surface area contributed by atoms with Crippen molar-refractivity contribution in [2.24, 2.45) is 0 Å². The van der Waals surface area contributed by atoms with E-state index in [1.807, 2.05) is 6.92 Å². The fraction of sp³-hybridized carbons (Fsp3) is 0.286. The Morgan fingerprint density at radius 3 is 2.42 bits per heavy atom. The van der Waals surface area contributed by atoms with Gasteiger partial charge in [0.15, 0.2) is 0 Å². The van der Waals surface area contributed by atoms with Crippen LogP contribution in [0.25, 0.3) is 0 Å². The third-order valence-electron chi connectivity index (χ3n) is 1.13. The smallest absolute Gasteiger partial charge is 0.399 e. The minimum atomic E-state index is -3.16. The third-order valence-corrected chi connectivity index (χ3v) is 1.13. The molecule has 0 unspecified atom stereocenters. The number of aromatic nitrogens is 1. The molecular weight excluding hydrogens is 162 g/mol. The van der Waals surface area contributed by atoms with Gasteiger partial charge >= 0.3 is 6.16 Å². The van der Waals surface area contributed by atoms with Gasteiger partial charge in [-0.15, -0.1) is 0 Å². The van der Waals surface area contributed by atoms with Crippen molar-refractivity contribution >= 4 is 0 Å². The van der Waals surface area contributed by atoms with Gasteiger partial charge < -0.3 is 20.1 Å². The molecule has 0 amide bonds. The Hall–Kier alpha value is -1.17. The van der Waals surface area contributed by atoms with Crippen molar-refractivity contribution in [2.45, 2.75) is 13.1 Å². The Morgan fingerprint density at radius 1 is 1.33 bits per heavy atom. The fourth-order valence-electron chi connectivity index (χ4n) is 0.655. The van der Waals surface area contributed by atoms with Gasteiger partial charge in [-0.25, -0.2) is 4.98 Å². The second kappa shape index (κ2) is 3.06. The van der Waals surface area contributed by atoms with E-state index in [0.29, 0.717) is 0 Å². The topological polar surface area (TPSA) is 82.8 Å². The lowest BCUT2D eigenvalue weighted by Crippen LogP contribution is -2.34. The molecule has 5 nitrogen and oxygen atoms in total. The molecule has 1 heterocycles. The fourth-order valence-corrected chi connectivity index (χ4v) is 0.655. The predicted octanol–water partition coefficient (Wildman–Crippen LogP) is -0.643. The minimum absolute atomic E-state index is 0.0619. The first-order chi connectivity index (χ1) is 5.47. The molecule has 5 heteroatoms. The Balaban J connectivity index is 2.71. The van der Waals surface area contributed by atoms with Crippen LogP contribution in [0.3, 0.4) is 0 Å². The van der Waals surface area contributed by atoms with Crippen molar-refractivity contribution in [3.8, 4) is 5.88 Å². The maximum Gasteiger partial charge on any atom is 0.454 e. The number of rotatable bonds is 2. The number of aliphatic hydroxyl groups is 3. The van der Waals surface area contributed by atoms with Crippen LogP contribution in [-0.4, -0.2) is 26.5 Å². The van der Waals surface area contributed by atoms with Crippen molar-refractivity contribution in [3.63, 3.8) is 0 Å². The summed E-state index contributed by atoms with van der Waals surface area (Å²) >= 11 is 0. The van der Waals surface area contributed by atoms with E-state index in [1.54, 1.807) is 6.07 Å².